The highest BCUT2D eigenvalue weighted by Crippen LogP contribution is 2.60. The molecule has 2 saturated carbocycles. The molecule has 0 saturated heterocycles. The number of rotatable bonds is 3. The van der Waals surface area contributed by atoms with Gasteiger partial charge in [-0.2, -0.15) is 0 Å². The van der Waals surface area contributed by atoms with Gasteiger partial charge in [0.1, 0.15) is 0 Å². The van der Waals surface area contributed by atoms with Crippen molar-refractivity contribution in [3.63, 3.8) is 0 Å². The number of hydrogen-bond acceptors (Lipinski definition) is 0. The van der Waals surface area contributed by atoms with Crippen LogP contribution in [0.25, 0.3) is 38.6 Å². The second-order valence-corrected chi connectivity index (χ2v) is 24.8. The summed E-state index contributed by atoms with van der Waals surface area (Å²) in [5.74, 6) is 0. The van der Waals surface area contributed by atoms with Crippen LogP contribution >= 0.6 is 0 Å². The molecule has 3 heteroatoms. The van der Waals surface area contributed by atoms with Gasteiger partial charge in [-0.1, -0.05) is 171 Å². The van der Waals surface area contributed by atoms with Crippen LogP contribution < -0.4 is 32.8 Å². The van der Waals surface area contributed by atoms with E-state index in [2.05, 4.69) is 177 Å². The molecule has 3 heterocycles. The Morgan fingerprint density at radius 3 is 1.21 bits per heavy atom. The summed E-state index contributed by atoms with van der Waals surface area (Å²) in [4.78, 5) is 0. The second kappa shape index (κ2) is 12.1. The van der Waals surface area contributed by atoms with E-state index in [1.165, 1.54) is 123 Å². The predicted molar refractivity (Wildman–Crippen MR) is 272 cm³/mol. The van der Waals surface area contributed by atoms with E-state index in [1.807, 2.05) is 0 Å². The van der Waals surface area contributed by atoms with Crippen LogP contribution in [0.15, 0.2) is 103 Å². The van der Waals surface area contributed by atoms with E-state index < -0.39 is 0 Å². The van der Waals surface area contributed by atoms with Gasteiger partial charge in [-0.05, 0) is 162 Å². The molecule has 7 aromatic rings. The van der Waals surface area contributed by atoms with Crippen LogP contribution in [0.3, 0.4) is 0 Å². The first-order valence-electron chi connectivity index (χ1n) is 24.6. The zero-order chi connectivity index (χ0) is 43.4. The predicted octanol–water partition coefficient (Wildman–Crippen LogP) is 10.9. The van der Waals surface area contributed by atoms with Gasteiger partial charge in [-0.25, -0.2) is 0 Å². The Labute approximate surface area is 377 Å². The average molecular weight is 820 g/mol. The van der Waals surface area contributed by atoms with Crippen LogP contribution in [-0.4, -0.2) is 18.0 Å². The van der Waals surface area contributed by atoms with E-state index in [0.717, 1.165) is 0 Å². The summed E-state index contributed by atoms with van der Waals surface area (Å²) in [5, 5.41) is 3.03. The molecule has 2 aliphatic heterocycles. The van der Waals surface area contributed by atoms with Crippen molar-refractivity contribution in [2.45, 2.75) is 153 Å². The lowest BCUT2D eigenvalue weighted by Crippen LogP contribution is -2.66. The topological polar surface area (TPSA) is 4.93 Å². The molecule has 4 bridgehead atoms. The van der Waals surface area contributed by atoms with Crippen LogP contribution in [-0.2, 0) is 32.5 Å². The average Bonchev–Trinajstić information content (AvgIpc) is 3.59. The van der Waals surface area contributed by atoms with Crippen LogP contribution in [0.5, 0.6) is 0 Å². The highest BCUT2D eigenvalue weighted by molar-refractivity contribution is 7.02. The van der Waals surface area contributed by atoms with E-state index in [0.29, 0.717) is 0 Å². The molecular weight excluding hydrogens is 756 g/mol. The maximum absolute atomic E-state index is 2.90. The lowest BCUT2D eigenvalue weighted by Gasteiger charge is -2.54. The SMILES string of the molecule is CC(C)(C)c1ccc(B2c3cc(-c4ccccc4)cc4c3-n3c5c2c2c(cc5c5cc6c(c(c53)B4c3ccc(C(C)(C)C)cc3)C3(C)CCC6(C)CC3)C3(C)CCC2(C)CC3)cc1. The summed E-state index contributed by atoms with van der Waals surface area (Å²) in [5.41, 5.74) is 26.6. The standard InChI is InChI=1S/C60H63B2N/c1-55(2,3)38-16-20-40(21-17-38)61-46-32-37(36-14-12-11-13-15-36)33-47-54(46)63-52-42(34-44-48(50(52)61)59(9)28-24-57(44,7)25-29-59)43-35-45-49(60(10)30-26-58(45,8)27-31-60)51(53(43)63)62(47)41-22-18-39(19-23-41)56(4,5)6/h11-23,32-35H,24-31H2,1-10H3. The van der Waals surface area contributed by atoms with Crippen molar-refractivity contribution in [2.75, 3.05) is 0 Å². The monoisotopic (exact) mass is 820 g/mol. The number of nitrogens with zero attached hydrogens (tertiary/aromatic N) is 1. The molecule has 0 atom stereocenters. The second-order valence-electron chi connectivity index (χ2n) is 24.8. The molecule has 0 amide bonds. The third-order valence-electron chi connectivity index (χ3n) is 18.8. The van der Waals surface area contributed by atoms with Crippen molar-refractivity contribution in [3.8, 4) is 16.8 Å². The van der Waals surface area contributed by atoms with Crippen molar-refractivity contribution in [3.05, 3.63) is 137 Å². The molecule has 15 rings (SSSR count). The molecular formula is C60H63B2N. The summed E-state index contributed by atoms with van der Waals surface area (Å²) in [6, 6.07) is 42.1. The summed E-state index contributed by atoms with van der Waals surface area (Å²) in [6.45, 7) is 24.9. The summed E-state index contributed by atoms with van der Waals surface area (Å²) in [7, 11) is 0. The first kappa shape index (κ1) is 38.7. The largest absolute Gasteiger partial charge is 0.311 e. The summed E-state index contributed by atoms with van der Waals surface area (Å²) >= 11 is 0. The quantitative estimate of drug-likeness (QED) is 0.157. The normalized spacial score (nSPS) is 26.3. The number of fused-ring (bicyclic) bond motifs is 5. The molecule has 1 nitrogen and oxygen atoms in total. The third-order valence-corrected chi connectivity index (χ3v) is 18.8. The molecule has 0 spiro atoms. The Hall–Kier alpha value is -4.75. The van der Waals surface area contributed by atoms with Gasteiger partial charge in [0.25, 0.3) is 0 Å². The molecule has 6 aromatic carbocycles. The van der Waals surface area contributed by atoms with Gasteiger partial charge in [0.2, 0.25) is 13.4 Å². The molecule has 1 aromatic heterocycles. The van der Waals surface area contributed by atoms with Gasteiger partial charge >= 0.3 is 0 Å². The maximum atomic E-state index is 2.90. The first-order chi connectivity index (χ1) is 29.9. The van der Waals surface area contributed by atoms with Crippen molar-refractivity contribution < 1.29 is 0 Å². The minimum Gasteiger partial charge on any atom is -0.311 e. The van der Waals surface area contributed by atoms with E-state index >= 15 is 0 Å². The van der Waals surface area contributed by atoms with Crippen molar-refractivity contribution in [2.24, 2.45) is 0 Å². The summed E-state index contributed by atoms with van der Waals surface area (Å²) < 4.78 is 2.90. The zero-order valence-corrected chi connectivity index (χ0v) is 39.6. The van der Waals surface area contributed by atoms with E-state index in [9.17, 15) is 0 Å². The van der Waals surface area contributed by atoms with Gasteiger partial charge in [-0.3, -0.25) is 0 Å². The minimum atomic E-state index is 0.0856. The number of aromatic nitrogens is 1. The highest BCUT2D eigenvalue weighted by atomic mass is 15.0. The Balaban J connectivity index is 1.26. The lowest BCUT2D eigenvalue weighted by molar-refractivity contribution is 0.189. The fourth-order valence-electron chi connectivity index (χ4n) is 14.7. The molecule has 0 unspecified atom stereocenters. The van der Waals surface area contributed by atoms with Gasteiger partial charge in [0.15, 0.2) is 0 Å². The Morgan fingerprint density at radius 2 is 0.825 bits per heavy atom. The van der Waals surface area contributed by atoms with Gasteiger partial charge < -0.3 is 4.57 Å². The fourth-order valence-corrected chi connectivity index (χ4v) is 14.7. The van der Waals surface area contributed by atoms with Gasteiger partial charge in [0, 0.05) is 27.5 Å². The molecule has 0 radical (unpaired) electrons. The maximum Gasteiger partial charge on any atom is 0.247 e. The van der Waals surface area contributed by atoms with E-state index in [1.54, 1.807) is 33.2 Å². The molecule has 8 aliphatic rings. The van der Waals surface area contributed by atoms with E-state index in [-0.39, 0.29) is 45.9 Å². The number of hydrogen-bond donors (Lipinski definition) is 0. The third kappa shape index (κ3) is 4.98. The molecule has 2 fully saturated rings. The van der Waals surface area contributed by atoms with E-state index in [4.69, 9.17) is 0 Å². The van der Waals surface area contributed by atoms with Gasteiger partial charge in [0.05, 0.1) is 0 Å². The molecule has 314 valence electrons. The Bertz CT molecular complexity index is 2930. The zero-order valence-electron chi connectivity index (χ0n) is 39.6. The smallest absolute Gasteiger partial charge is 0.247 e. The number of benzene rings is 6. The lowest BCUT2D eigenvalue weighted by atomic mass is 9.29. The molecule has 0 N–H and O–H groups in total. The summed E-state index contributed by atoms with van der Waals surface area (Å²) in [6.07, 6.45) is 10.2. The van der Waals surface area contributed by atoms with Crippen LogP contribution in [0.1, 0.15) is 154 Å². The molecule has 63 heavy (non-hydrogen) atoms. The fraction of sp³-hybridized carbons (Fsp3) is 0.400. The molecule has 6 aliphatic carbocycles. The van der Waals surface area contributed by atoms with Crippen molar-refractivity contribution >= 4 is 68.0 Å². The minimum absolute atomic E-state index is 0.0856. The van der Waals surface area contributed by atoms with Crippen molar-refractivity contribution in [1.82, 2.24) is 4.57 Å². The first-order valence-corrected chi connectivity index (χ1v) is 24.6. The highest BCUT2D eigenvalue weighted by Gasteiger charge is 2.55. The Morgan fingerprint density at radius 1 is 0.444 bits per heavy atom. The van der Waals surface area contributed by atoms with Gasteiger partial charge in [-0.15, -0.1) is 0 Å². The van der Waals surface area contributed by atoms with Crippen molar-refractivity contribution in [1.29, 1.82) is 0 Å². The van der Waals surface area contributed by atoms with Crippen LogP contribution in [0.4, 0.5) is 0 Å². The Kier molecular flexibility index (Phi) is 7.44. The van der Waals surface area contributed by atoms with Crippen LogP contribution in [0, 0.1) is 0 Å². The van der Waals surface area contributed by atoms with Crippen LogP contribution in [0.2, 0.25) is 0 Å².